The number of unbranched alkanes of at least 4 members (excludes halogenated alkanes) is 1. The first-order valence-electron chi connectivity index (χ1n) is 8.24. The van der Waals surface area contributed by atoms with Gasteiger partial charge in [0, 0.05) is 19.2 Å². The zero-order valence-corrected chi connectivity index (χ0v) is 14.7. The monoisotopic (exact) mass is 360 g/mol. The van der Waals surface area contributed by atoms with Crippen molar-refractivity contribution in [3.63, 3.8) is 0 Å². The van der Waals surface area contributed by atoms with Crippen LogP contribution in [0, 0.1) is 0 Å². The summed E-state index contributed by atoms with van der Waals surface area (Å²) in [7, 11) is 6.17. The van der Waals surface area contributed by atoms with E-state index in [-0.39, 0.29) is 12.5 Å². The normalized spacial score (nSPS) is 13.7. The second kappa shape index (κ2) is 12.0. The van der Waals surface area contributed by atoms with E-state index in [0.29, 0.717) is 31.4 Å². The molecule has 1 aromatic carbocycles. The van der Waals surface area contributed by atoms with Gasteiger partial charge in [-0.05, 0) is 31.4 Å². The van der Waals surface area contributed by atoms with E-state index in [4.69, 9.17) is 12.6 Å². The zero-order valence-electron chi connectivity index (χ0n) is 14.7. The van der Waals surface area contributed by atoms with Gasteiger partial charge in [0.15, 0.2) is 6.29 Å². The third-order valence-corrected chi connectivity index (χ3v) is 3.58. The number of carbonyl (C=O) groups excluding carboxylic acids is 2. The number of aliphatic hydroxyl groups excluding tert-OH is 1. The summed E-state index contributed by atoms with van der Waals surface area (Å²) in [5.74, 6) is -1.58. The Labute approximate surface area is 154 Å². The molecule has 9 heteroatoms. The average Bonchev–Trinajstić information content (AvgIpc) is 2.65. The molecule has 140 valence electrons. The molecule has 8 nitrogen and oxygen atoms in total. The van der Waals surface area contributed by atoms with E-state index >= 15 is 0 Å². The molecule has 3 N–H and O–H groups in total. The number of aliphatic imine (C=N–C) groups is 1. The van der Waals surface area contributed by atoms with Crippen molar-refractivity contribution < 1.29 is 24.5 Å². The minimum absolute atomic E-state index is 0.298. The summed E-state index contributed by atoms with van der Waals surface area (Å²) in [5, 5.41) is 25.7. The molecule has 2 radical (unpaired) electrons. The summed E-state index contributed by atoms with van der Waals surface area (Å²) in [5.41, 5.74) is 0.492. The van der Waals surface area contributed by atoms with Crippen LogP contribution in [0.1, 0.15) is 29.6 Å². The van der Waals surface area contributed by atoms with Crippen molar-refractivity contribution >= 4 is 25.5 Å². The largest absolute Gasteiger partial charge is 0.870 e. The quantitative estimate of drug-likeness (QED) is 0.152. The highest BCUT2D eigenvalue weighted by Crippen LogP contribution is 2.08. The van der Waals surface area contributed by atoms with Gasteiger partial charge in [-0.2, -0.15) is 0 Å². The Kier molecular flexibility index (Phi) is 10.0. The van der Waals surface area contributed by atoms with Gasteiger partial charge in [-0.15, -0.1) is 0 Å². The lowest BCUT2D eigenvalue weighted by atomic mass is 10.1. The van der Waals surface area contributed by atoms with Crippen LogP contribution in [0.2, 0.25) is 0 Å². The number of ether oxygens (including phenoxy) is 1. The first-order chi connectivity index (χ1) is 12.4. The number of hydrogen-bond donors (Lipinski definition) is 3. The molecule has 0 heterocycles. The number of hydrogen-bond acceptors (Lipinski definition) is 6. The van der Waals surface area contributed by atoms with E-state index in [2.05, 4.69) is 15.6 Å². The number of rotatable bonds is 11. The van der Waals surface area contributed by atoms with Gasteiger partial charge in [0.05, 0.1) is 6.04 Å². The highest BCUT2D eigenvalue weighted by molar-refractivity contribution is 6.55. The van der Waals surface area contributed by atoms with Crippen molar-refractivity contribution in [3.05, 3.63) is 35.9 Å². The van der Waals surface area contributed by atoms with Crippen LogP contribution in [0.25, 0.3) is 0 Å². The van der Waals surface area contributed by atoms with Crippen molar-refractivity contribution in [2.24, 2.45) is 4.99 Å². The van der Waals surface area contributed by atoms with E-state index in [0.717, 1.165) is 0 Å². The molecule has 2 atom stereocenters. The van der Waals surface area contributed by atoms with Crippen LogP contribution in [-0.2, 0) is 9.53 Å². The zero-order chi connectivity index (χ0) is 19.4. The van der Waals surface area contributed by atoms with Crippen LogP contribution in [0.5, 0.6) is 0 Å². The Morgan fingerprint density at radius 1 is 1.31 bits per heavy atom. The van der Waals surface area contributed by atoms with Crippen molar-refractivity contribution in [1.82, 2.24) is 10.6 Å². The summed E-state index contributed by atoms with van der Waals surface area (Å²) in [6.45, 7) is 0.0863. The summed E-state index contributed by atoms with van der Waals surface area (Å²) in [4.78, 5) is 26.8. The highest BCUT2D eigenvalue weighted by atomic mass is 16.6. The summed E-state index contributed by atoms with van der Waals surface area (Å²) in [6, 6.07) is 8.10. The number of amides is 2. The van der Waals surface area contributed by atoms with Gasteiger partial charge in [-0.1, -0.05) is 24.0 Å². The molecule has 0 bridgehead atoms. The number of nitrogens with zero attached hydrogens (tertiary/aromatic N) is 1. The van der Waals surface area contributed by atoms with Crippen LogP contribution >= 0.6 is 0 Å². The van der Waals surface area contributed by atoms with Gasteiger partial charge >= 0.3 is 0 Å². The van der Waals surface area contributed by atoms with Gasteiger partial charge in [0.25, 0.3) is 5.91 Å². The highest BCUT2D eigenvalue weighted by Gasteiger charge is 2.21. The Morgan fingerprint density at radius 2 is 2.00 bits per heavy atom. The summed E-state index contributed by atoms with van der Waals surface area (Å²) < 4.78 is 4.91. The molecule has 1 rings (SSSR count). The van der Waals surface area contributed by atoms with Crippen LogP contribution in [-0.4, -0.2) is 63.1 Å². The number of aliphatic hydroxyl groups is 1. The molecular weight excluding hydrogens is 337 g/mol. The molecule has 0 aliphatic heterocycles. The third-order valence-electron chi connectivity index (χ3n) is 3.58. The predicted molar refractivity (Wildman–Crippen MR) is 95.6 cm³/mol. The second-order valence-electron chi connectivity index (χ2n) is 5.57. The second-order valence-corrected chi connectivity index (χ2v) is 5.57. The third kappa shape index (κ3) is 8.64. The van der Waals surface area contributed by atoms with Crippen molar-refractivity contribution in [3.8, 4) is 0 Å². The van der Waals surface area contributed by atoms with Gasteiger partial charge in [-0.3, -0.25) is 9.59 Å². The summed E-state index contributed by atoms with van der Waals surface area (Å²) >= 11 is 0. The minimum Gasteiger partial charge on any atom is -0.870 e. The number of carbonyl (C=O) groups is 2. The van der Waals surface area contributed by atoms with E-state index in [1.807, 2.05) is 6.07 Å². The van der Waals surface area contributed by atoms with Crippen molar-refractivity contribution in [1.29, 1.82) is 0 Å². The molecule has 0 fully saturated rings. The smallest absolute Gasteiger partial charge is 0.251 e. The van der Waals surface area contributed by atoms with Gasteiger partial charge in [0.1, 0.15) is 14.4 Å². The van der Waals surface area contributed by atoms with Crippen LogP contribution in [0.4, 0.5) is 0 Å². The SMILES string of the molecule is [B]C([O-])=NCC(=O)NCCCC[C@H](NC(=O)c1ccccc1)C(O)OC. The molecule has 0 aliphatic carbocycles. The Balaban J connectivity index is 2.38. The molecule has 0 aromatic heterocycles. The molecule has 1 unspecified atom stereocenters. The van der Waals surface area contributed by atoms with Gasteiger partial charge in [-0.25, -0.2) is 0 Å². The fourth-order valence-electron chi connectivity index (χ4n) is 2.21. The van der Waals surface area contributed by atoms with Crippen molar-refractivity contribution in [2.45, 2.75) is 31.6 Å². The minimum atomic E-state index is -1.13. The fraction of sp³-hybridized carbons (Fsp3) is 0.471. The molecule has 2 amide bonds. The molecule has 1 aromatic rings. The number of methoxy groups -OCH3 is 1. The first kappa shape index (κ1) is 21.7. The van der Waals surface area contributed by atoms with Crippen LogP contribution in [0.3, 0.4) is 0 Å². The Bertz CT molecular complexity index is 593. The average molecular weight is 360 g/mol. The van der Waals surface area contributed by atoms with Gasteiger partial charge in [0.2, 0.25) is 5.91 Å². The standard InChI is InChI=1S/C17H24BN3O5/c1-26-16(24)13(21-15(23)12-7-3-2-4-8-12)9-5-6-10-19-14(22)11-20-17(18)25/h2-4,7-8,13,16,24H,5-6,9-11H2,1H3,(H,19,22)(H,20,25)(H,21,23)/p-1/t13-,16?/m0/s1. The van der Waals surface area contributed by atoms with E-state index < -0.39 is 24.0 Å². The molecule has 0 saturated carbocycles. The first-order valence-corrected chi connectivity index (χ1v) is 8.24. The van der Waals surface area contributed by atoms with E-state index in [9.17, 15) is 19.8 Å². The lowest BCUT2D eigenvalue weighted by Gasteiger charge is -2.23. The van der Waals surface area contributed by atoms with E-state index in [1.54, 1.807) is 24.3 Å². The van der Waals surface area contributed by atoms with Crippen LogP contribution < -0.4 is 15.7 Å². The lowest BCUT2D eigenvalue weighted by molar-refractivity contribution is -0.207. The lowest BCUT2D eigenvalue weighted by Crippen LogP contribution is -2.44. The maximum Gasteiger partial charge on any atom is 0.251 e. The number of benzene rings is 1. The topological polar surface area (TPSA) is 123 Å². The summed E-state index contributed by atoms with van der Waals surface area (Å²) in [6.07, 6.45) is 0.588. The Hall–Kier alpha value is -2.39. The maximum absolute atomic E-state index is 12.2. The molecular formula is C17H23BN3O5-. The maximum atomic E-state index is 12.2. The molecule has 0 spiro atoms. The number of nitrogens with one attached hydrogen (secondary N) is 2. The molecule has 0 saturated heterocycles. The van der Waals surface area contributed by atoms with Gasteiger partial charge < -0.3 is 30.6 Å². The predicted octanol–water partition coefficient (Wildman–Crippen LogP) is -1.08. The molecule has 0 aliphatic rings. The Morgan fingerprint density at radius 3 is 2.62 bits per heavy atom. The van der Waals surface area contributed by atoms with Crippen LogP contribution in [0.15, 0.2) is 35.3 Å². The molecule has 26 heavy (non-hydrogen) atoms. The van der Waals surface area contributed by atoms with Crippen molar-refractivity contribution in [2.75, 3.05) is 20.2 Å². The van der Waals surface area contributed by atoms with E-state index in [1.165, 1.54) is 7.11 Å². The fourth-order valence-corrected chi connectivity index (χ4v) is 2.21.